The smallest absolute Gasteiger partial charge is 0.396 e. The van der Waals surface area contributed by atoms with Crippen LogP contribution in [0.2, 0.25) is 5.02 Å². The van der Waals surface area contributed by atoms with Crippen LogP contribution in [-0.2, 0) is 6.18 Å². The molecule has 1 saturated carbocycles. The molecule has 3 rings (SSSR count). The van der Waals surface area contributed by atoms with Gasteiger partial charge in [0, 0.05) is 12.6 Å². The van der Waals surface area contributed by atoms with E-state index in [0.717, 1.165) is 36.1 Å². The van der Waals surface area contributed by atoms with Gasteiger partial charge in [0.15, 0.2) is 0 Å². The zero-order valence-electron chi connectivity index (χ0n) is 14.3. The maximum Gasteiger partial charge on any atom is 0.416 e. The lowest BCUT2D eigenvalue weighted by Crippen LogP contribution is -2.28. The number of aromatic nitrogens is 2. The van der Waals surface area contributed by atoms with Gasteiger partial charge in [-0.3, -0.25) is 4.79 Å². The molecule has 27 heavy (non-hydrogen) atoms. The van der Waals surface area contributed by atoms with E-state index in [1.165, 1.54) is 18.3 Å². The Balaban J connectivity index is 1.89. The van der Waals surface area contributed by atoms with Gasteiger partial charge in [0.1, 0.15) is 5.02 Å². The van der Waals surface area contributed by atoms with E-state index in [0.29, 0.717) is 12.1 Å². The third-order valence-corrected chi connectivity index (χ3v) is 5.20. The molecule has 0 aliphatic heterocycles. The number of rotatable bonds is 5. The first-order valence-electron chi connectivity index (χ1n) is 8.64. The van der Waals surface area contributed by atoms with Gasteiger partial charge in [-0.2, -0.15) is 23.0 Å². The molecule has 0 saturated heterocycles. The third kappa shape index (κ3) is 4.27. The van der Waals surface area contributed by atoms with Crippen LogP contribution < -0.4 is 10.9 Å². The van der Waals surface area contributed by atoms with E-state index >= 15 is 0 Å². The SMILES string of the molecule is O=c1c(Cl)c(NC2CCCC2CCO)cnn1-c1cccc(C(F)(F)F)c1. The van der Waals surface area contributed by atoms with E-state index in [1.807, 2.05) is 0 Å². The van der Waals surface area contributed by atoms with Crippen LogP contribution in [0.4, 0.5) is 18.9 Å². The number of aliphatic hydroxyl groups is 1. The predicted octanol–water partition coefficient (Wildman–Crippen LogP) is 3.87. The highest BCUT2D eigenvalue weighted by molar-refractivity contribution is 6.33. The Labute approximate surface area is 158 Å². The molecule has 2 aromatic rings. The van der Waals surface area contributed by atoms with E-state index in [-0.39, 0.29) is 29.3 Å². The van der Waals surface area contributed by atoms with Crippen molar-refractivity contribution in [1.29, 1.82) is 0 Å². The zero-order chi connectivity index (χ0) is 19.6. The number of anilines is 1. The van der Waals surface area contributed by atoms with Crippen molar-refractivity contribution >= 4 is 17.3 Å². The molecule has 1 aliphatic rings. The largest absolute Gasteiger partial charge is 0.416 e. The zero-order valence-corrected chi connectivity index (χ0v) is 15.1. The fourth-order valence-electron chi connectivity index (χ4n) is 3.47. The Morgan fingerprint density at radius 1 is 1.33 bits per heavy atom. The molecule has 0 radical (unpaired) electrons. The van der Waals surface area contributed by atoms with Crippen LogP contribution >= 0.6 is 11.6 Å². The molecule has 1 fully saturated rings. The molecule has 1 aliphatic carbocycles. The van der Waals surface area contributed by atoms with Crippen LogP contribution in [0.5, 0.6) is 0 Å². The van der Waals surface area contributed by atoms with Gasteiger partial charge >= 0.3 is 6.18 Å². The van der Waals surface area contributed by atoms with Crippen molar-refractivity contribution in [2.24, 2.45) is 5.92 Å². The summed E-state index contributed by atoms with van der Waals surface area (Å²) in [4.78, 5) is 12.5. The molecule has 9 heteroatoms. The summed E-state index contributed by atoms with van der Waals surface area (Å²) in [6.45, 7) is 0.0893. The number of nitrogens with zero attached hydrogens (tertiary/aromatic N) is 2. The highest BCUT2D eigenvalue weighted by Gasteiger charge is 2.31. The molecule has 1 aromatic carbocycles. The van der Waals surface area contributed by atoms with Crippen LogP contribution in [0.15, 0.2) is 35.3 Å². The predicted molar refractivity (Wildman–Crippen MR) is 96.3 cm³/mol. The lowest BCUT2D eigenvalue weighted by Gasteiger charge is -2.22. The summed E-state index contributed by atoms with van der Waals surface area (Å²) in [5.41, 5.74) is -1.23. The number of aliphatic hydroxyl groups excluding tert-OH is 1. The fourth-order valence-corrected chi connectivity index (χ4v) is 3.65. The minimum atomic E-state index is -4.52. The number of halogens is 4. The topological polar surface area (TPSA) is 67.2 Å². The molecular weight excluding hydrogens is 383 g/mol. The quantitative estimate of drug-likeness (QED) is 0.798. The molecule has 1 heterocycles. The maximum atomic E-state index is 12.9. The fraction of sp³-hybridized carbons (Fsp3) is 0.444. The molecule has 0 spiro atoms. The molecule has 2 N–H and O–H groups in total. The normalized spacial score (nSPS) is 20.0. The highest BCUT2D eigenvalue weighted by Crippen LogP contribution is 2.32. The Bertz CT molecular complexity index is 870. The van der Waals surface area contributed by atoms with Gasteiger partial charge in [0.2, 0.25) is 0 Å². The highest BCUT2D eigenvalue weighted by atomic mass is 35.5. The lowest BCUT2D eigenvalue weighted by atomic mass is 10.00. The van der Waals surface area contributed by atoms with Crippen LogP contribution in [0, 0.1) is 5.92 Å². The summed E-state index contributed by atoms with van der Waals surface area (Å²) in [7, 11) is 0. The van der Waals surface area contributed by atoms with Gasteiger partial charge in [-0.15, -0.1) is 0 Å². The van der Waals surface area contributed by atoms with Gasteiger partial charge in [-0.25, -0.2) is 0 Å². The monoisotopic (exact) mass is 401 g/mol. The van der Waals surface area contributed by atoms with Crippen LogP contribution in [0.3, 0.4) is 0 Å². The van der Waals surface area contributed by atoms with Crippen molar-refractivity contribution in [2.45, 2.75) is 37.9 Å². The first-order chi connectivity index (χ1) is 12.8. The summed E-state index contributed by atoms with van der Waals surface area (Å²) < 4.78 is 39.5. The van der Waals surface area contributed by atoms with Crippen molar-refractivity contribution in [3.63, 3.8) is 0 Å². The Morgan fingerprint density at radius 3 is 2.81 bits per heavy atom. The second-order valence-corrected chi connectivity index (χ2v) is 6.97. The van der Waals surface area contributed by atoms with Crippen molar-refractivity contribution in [3.05, 3.63) is 51.4 Å². The average molecular weight is 402 g/mol. The number of hydrogen-bond acceptors (Lipinski definition) is 4. The summed E-state index contributed by atoms with van der Waals surface area (Å²) in [6, 6.07) is 4.42. The molecule has 2 unspecified atom stereocenters. The molecule has 0 bridgehead atoms. The number of nitrogens with one attached hydrogen (secondary N) is 1. The Kier molecular flexibility index (Phi) is 5.76. The maximum absolute atomic E-state index is 12.9. The van der Waals surface area contributed by atoms with E-state index in [9.17, 15) is 18.0 Å². The van der Waals surface area contributed by atoms with Crippen molar-refractivity contribution in [1.82, 2.24) is 9.78 Å². The summed E-state index contributed by atoms with van der Waals surface area (Å²) >= 11 is 6.17. The van der Waals surface area contributed by atoms with E-state index < -0.39 is 17.3 Å². The molecule has 0 amide bonds. The van der Waals surface area contributed by atoms with E-state index in [1.54, 1.807) is 0 Å². The van der Waals surface area contributed by atoms with Gasteiger partial charge in [0.05, 0.1) is 23.1 Å². The standard InChI is InChI=1S/C18H19ClF3N3O2/c19-16-15(24-14-6-1-3-11(14)7-8-26)10-23-25(17(16)27)13-5-2-4-12(9-13)18(20,21)22/h2,4-5,9-11,14,24,26H,1,3,6-8H2. The van der Waals surface area contributed by atoms with Crippen molar-refractivity contribution < 1.29 is 18.3 Å². The second-order valence-electron chi connectivity index (χ2n) is 6.59. The van der Waals surface area contributed by atoms with Gasteiger partial charge in [-0.1, -0.05) is 24.1 Å². The second kappa shape index (κ2) is 7.90. The average Bonchev–Trinajstić information content (AvgIpc) is 3.06. The summed E-state index contributed by atoms with van der Waals surface area (Å²) in [5, 5.41) is 16.2. The van der Waals surface area contributed by atoms with Crippen LogP contribution in [0.25, 0.3) is 5.69 Å². The lowest BCUT2D eigenvalue weighted by molar-refractivity contribution is -0.137. The summed E-state index contributed by atoms with van der Waals surface area (Å²) in [6.07, 6.45) is 0.356. The first kappa shape index (κ1) is 19.7. The molecule has 1 aromatic heterocycles. The van der Waals surface area contributed by atoms with E-state index in [2.05, 4.69) is 10.4 Å². The Morgan fingerprint density at radius 2 is 2.11 bits per heavy atom. The number of alkyl halides is 3. The van der Waals surface area contributed by atoms with Crippen molar-refractivity contribution in [3.8, 4) is 5.69 Å². The molecule has 146 valence electrons. The van der Waals surface area contributed by atoms with Gasteiger partial charge in [-0.05, 0) is 43.4 Å². The molecule has 5 nitrogen and oxygen atoms in total. The van der Waals surface area contributed by atoms with Crippen LogP contribution in [0.1, 0.15) is 31.2 Å². The Hall–Kier alpha value is -2.06. The van der Waals surface area contributed by atoms with Gasteiger partial charge in [0.25, 0.3) is 5.56 Å². The van der Waals surface area contributed by atoms with Gasteiger partial charge < -0.3 is 10.4 Å². The summed E-state index contributed by atoms with van der Waals surface area (Å²) in [5.74, 6) is 0.275. The first-order valence-corrected chi connectivity index (χ1v) is 9.02. The number of hydrogen-bond donors (Lipinski definition) is 2. The number of benzene rings is 1. The molecule has 2 atom stereocenters. The minimum absolute atomic E-state index is 0.0118. The van der Waals surface area contributed by atoms with Crippen LogP contribution in [-0.4, -0.2) is 27.5 Å². The van der Waals surface area contributed by atoms with Crippen molar-refractivity contribution in [2.75, 3.05) is 11.9 Å². The molecular formula is C18H19ClF3N3O2. The third-order valence-electron chi connectivity index (χ3n) is 4.84. The minimum Gasteiger partial charge on any atom is -0.396 e. The van der Waals surface area contributed by atoms with E-state index in [4.69, 9.17) is 16.7 Å².